The highest BCUT2D eigenvalue weighted by atomic mass is 79.9. The Labute approximate surface area is 114 Å². The van der Waals surface area contributed by atoms with Crippen molar-refractivity contribution in [2.75, 3.05) is 18.5 Å². The van der Waals surface area contributed by atoms with Crippen LogP contribution < -0.4 is 16.7 Å². The first-order valence-corrected chi connectivity index (χ1v) is 6.68. The maximum atomic E-state index is 12.1. The number of hydrazine groups is 2. The Morgan fingerprint density at radius 2 is 2.11 bits per heavy atom. The first-order chi connectivity index (χ1) is 8.70. The highest BCUT2D eigenvalue weighted by Gasteiger charge is 2.17. The van der Waals surface area contributed by atoms with Crippen molar-refractivity contribution in [3.05, 3.63) is 22.3 Å². The Kier molecular flexibility index (Phi) is 4.51. The van der Waals surface area contributed by atoms with E-state index in [-0.39, 0.29) is 5.91 Å². The molecule has 1 aromatic heterocycles. The largest absolute Gasteiger partial charge is 0.308 e. The molecule has 0 spiro atoms. The van der Waals surface area contributed by atoms with Crippen LogP contribution in [-0.2, 0) is 0 Å². The highest BCUT2D eigenvalue weighted by Crippen LogP contribution is 2.17. The predicted molar refractivity (Wildman–Crippen MR) is 72.6 cm³/mol. The third-order valence-electron chi connectivity index (χ3n) is 2.85. The second-order valence-electron chi connectivity index (χ2n) is 4.18. The number of hydrogen-bond donors (Lipinski definition) is 3. The van der Waals surface area contributed by atoms with Crippen molar-refractivity contribution in [3.8, 4) is 0 Å². The molecule has 0 bridgehead atoms. The van der Waals surface area contributed by atoms with Gasteiger partial charge < -0.3 is 5.43 Å². The van der Waals surface area contributed by atoms with Crippen molar-refractivity contribution in [1.82, 2.24) is 15.4 Å². The van der Waals surface area contributed by atoms with Gasteiger partial charge in [0, 0.05) is 23.8 Å². The number of nitrogen functional groups attached to an aromatic ring is 1. The molecule has 2 rings (SSSR count). The van der Waals surface area contributed by atoms with E-state index in [1.165, 1.54) is 6.42 Å². The maximum Gasteiger partial charge on any atom is 0.269 e. The lowest BCUT2D eigenvalue weighted by Crippen LogP contribution is -2.45. The van der Waals surface area contributed by atoms with Gasteiger partial charge in [-0.3, -0.25) is 10.2 Å². The minimum absolute atomic E-state index is 0.196. The zero-order valence-electron chi connectivity index (χ0n) is 9.95. The summed E-state index contributed by atoms with van der Waals surface area (Å²) < 4.78 is 0.741. The van der Waals surface area contributed by atoms with E-state index in [0.717, 1.165) is 30.4 Å². The fraction of sp³-hybridized carbons (Fsp3) is 0.455. The second kappa shape index (κ2) is 6.12. The molecule has 18 heavy (non-hydrogen) atoms. The van der Waals surface area contributed by atoms with Crippen molar-refractivity contribution in [2.24, 2.45) is 5.84 Å². The van der Waals surface area contributed by atoms with Gasteiger partial charge in [0.05, 0.1) is 5.56 Å². The minimum Gasteiger partial charge on any atom is -0.308 e. The van der Waals surface area contributed by atoms with Crippen molar-refractivity contribution in [3.63, 3.8) is 0 Å². The number of carbonyl (C=O) groups excluding carboxylic acids is 1. The van der Waals surface area contributed by atoms with Gasteiger partial charge in [0.25, 0.3) is 5.91 Å². The molecule has 0 aromatic carbocycles. The van der Waals surface area contributed by atoms with Crippen LogP contribution in [0.3, 0.4) is 0 Å². The fourth-order valence-corrected chi connectivity index (χ4v) is 2.27. The monoisotopic (exact) mass is 313 g/mol. The Hall–Kier alpha value is -1.18. The van der Waals surface area contributed by atoms with E-state index in [2.05, 4.69) is 31.8 Å². The van der Waals surface area contributed by atoms with Gasteiger partial charge in [-0.2, -0.15) is 0 Å². The summed E-state index contributed by atoms with van der Waals surface area (Å²) in [5.41, 5.74) is 5.73. The van der Waals surface area contributed by atoms with Crippen LogP contribution in [-0.4, -0.2) is 29.0 Å². The van der Waals surface area contributed by atoms with E-state index in [4.69, 9.17) is 5.84 Å². The average molecular weight is 314 g/mol. The number of hydrogen-bond acceptors (Lipinski definition) is 5. The summed E-state index contributed by atoms with van der Waals surface area (Å²) in [6.45, 7) is 1.77. The molecule has 1 aromatic rings. The van der Waals surface area contributed by atoms with Gasteiger partial charge in [-0.25, -0.2) is 15.8 Å². The summed E-state index contributed by atoms with van der Waals surface area (Å²) in [6, 6.07) is 1.70. The normalized spacial score (nSPS) is 16.3. The van der Waals surface area contributed by atoms with Gasteiger partial charge in [0.15, 0.2) is 5.82 Å². The van der Waals surface area contributed by atoms with Crippen LogP contribution in [0.25, 0.3) is 0 Å². The van der Waals surface area contributed by atoms with Gasteiger partial charge in [-0.15, -0.1) is 0 Å². The Balaban J connectivity index is 2.09. The van der Waals surface area contributed by atoms with E-state index < -0.39 is 0 Å². The van der Waals surface area contributed by atoms with Crippen LogP contribution in [0.1, 0.15) is 29.6 Å². The number of amides is 1. The number of anilines is 1. The van der Waals surface area contributed by atoms with Crippen LogP contribution >= 0.6 is 15.9 Å². The number of nitrogens with zero attached hydrogens (tertiary/aromatic N) is 2. The van der Waals surface area contributed by atoms with Crippen molar-refractivity contribution in [1.29, 1.82) is 0 Å². The van der Waals surface area contributed by atoms with Gasteiger partial charge in [0.1, 0.15) is 0 Å². The predicted octanol–water partition coefficient (Wildman–Crippen LogP) is 1.26. The molecule has 4 N–H and O–H groups in total. The van der Waals surface area contributed by atoms with Crippen LogP contribution in [0.15, 0.2) is 16.7 Å². The van der Waals surface area contributed by atoms with Crippen molar-refractivity contribution in [2.45, 2.75) is 19.3 Å². The van der Waals surface area contributed by atoms with Crippen molar-refractivity contribution < 1.29 is 4.79 Å². The smallest absolute Gasteiger partial charge is 0.269 e. The van der Waals surface area contributed by atoms with Gasteiger partial charge in [-0.05, 0) is 34.8 Å². The molecule has 1 aliphatic rings. The number of nitrogens with one attached hydrogen (secondary N) is 2. The number of rotatable bonds is 3. The zero-order chi connectivity index (χ0) is 13.0. The average Bonchev–Trinajstić information content (AvgIpc) is 2.40. The molecule has 2 heterocycles. The Bertz CT molecular complexity index is 433. The zero-order valence-corrected chi connectivity index (χ0v) is 11.5. The lowest BCUT2D eigenvalue weighted by Gasteiger charge is -2.27. The van der Waals surface area contributed by atoms with Crippen LogP contribution in [0.4, 0.5) is 5.82 Å². The van der Waals surface area contributed by atoms with Crippen molar-refractivity contribution >= 4 is 27.7 Å². The van der Waals surface area contributed by atoms with Gasteiger partial charge >= 0.3 is 0 Å². The number of halogens is 1. The first kappa shape index (κ1) is 13.3. The third-order valence-corrected chi connectivity index (χ3v) is 3.29. The fourth-order valence-electron chi connectivity index (χ4n) is 1.94. The molecule has 7 heteroatoms. The first-order valence-electron chi connectivity index (χ1n) is 5.89. The van der Waals surface area contributed by atoms with E-state index in [9.17, 15) is 4.79 Å². The number of carbonyl (C=O) groups is 1. The molecule has 0 radical (unpaired) electrons. The lowest BCUT2D eigenvalue weighted by atomic mass is 10.2. The summed E-state index contributed by atoms with van der Waals surface area (Å²) >= 11 is 3.29. The summed E-state index contributed by atoms with van der Waals surface area (Å²) in [4.78, 5) is 16.2. The highest BCUT2D eigenvalue weighted by molar-refractivity contribution is 9.10. The van der Waals surface area contributed by atoms with E-state index >= 15 is 0 Å². The van der Waals surface area contributed by atoms with Gasteiger partial charge in [-0.1, -0.05) is 6.42 Å². The summed E-state index contributed by atoms with van der Waals surface area (Å²) in [6.07, 6.45) is 5.03. The number of nitrogens with two attached hydrogens (primary N) is 1. The number of piperidine rings is 1. The van der Waals surface area contributed by atoms with Crippen LogP contribution in [0.5, 0.6) is 0 Å². The molecule has 1 amide bonds. The molecule has 1 aliphatic heterocycles. The molecular weight excluding hydrogens is 298 g/mol. The van der Waals surface area contributed by atoms with Gasteiger partial charge in [0.2, 0.25) is 0 Å². The quantitative estimate of drug-likeness (QED) is 0.578. The number of pyridine rings is 1. The molecule has 6 nitrogen and oxygen atoms in total. The third kappa shape index (κ3) is 3.18. The molecular formula is C11H16BrN5O. The SMILES string of the molecule is NNc1ncc(Br)cc1C(=O)NN1CCCCC1. The molecule has 0 aliphatic carbocycles. The lowest BCUT2D eigenvalue weighted by molar-refractivity contribution is 0.0750. The topological polar surface area (TPSA) is 83.3 Å². The second-order valence-corrected chi connectivity index (χ2v) is 5.10. The van der Waals surface area contributed by atoms with Crippen LogP contribution in [0, 0.1) is 0 Å². The molecule has 0 unspecified atom stereocenters. The molecule has 98 valence electrons. The Morgan fingerprint density at radius 3 is 2.78 bits per heavy atom. The summed E-state index contributed by atoms with van der Waals surface area (Å²) in [5.74, 6) is 5.52. The standard InChI is InChI=1S/C11H16BrN5O/c12-8-6-9(10(15-13)14-7-8)11(18)16-17-4-2-1-3-5-17/h6-7H,1-5,13H2,(H,14,15)(H,16,18). The summed E-state index contributed by atoms with van der Waals surface area (Å²) in [5, 5.41) is 1.94. The van der Waals surface area contributed by atoms with E-state index in [1.807, 2.05) is 5.01 Å². The van der Waals surface area contributed by atoms with E-state index in [1.54, 1.807) is 12.3 Å². The number of aromatic nitrogens is 1. The van der Waals surface area contributed by atoms with E-state index in [0.29, 0.717) is 11.4 Å². The molecule has 0 atom stereocenters. The molecule has 0 saturated carbocycles. The van der Waals surface area contributed by atoms with Crippen LogP contribution in [0.2, 0.25) is 0 Å². The minimum atomic E-state index is -0.196. The Morgan fingerprint density at radius 1 is 1.39 bits per heavy atom. The molecule has 1 saturated heterocycles. The molecule has 1 fully saturated rings. The summed E-state index contributed by atoms with van der Waals surface area (Å²) in [7, 11) is 0. The maximum absolute atomic E-state index is 12.1.